The predicted octanol–water partition coefficient (Wildman–Crippen LogP) is 3.45. The van der Waals surface area contributed by atoms with Gasteiger partial charge in [-0.15, -0.1) is 0 Å². The number of aryl methyl sites for hydroxylation is 2. The lowest BCUT2D eigenvalue weighted by atomic mass is 10.2. The van der Waals surface area contributed by atoms with Crippen LogP contribution in [0.15, 0.2) is 45.8 Å². The highest BCUT2D eigenvalue weighted by Crippen LogP contribution is 2.26. The van der Waals surface area contributed by atoms with Crippen LogP contribution in [0.25, 0.3) is 0 Å². The summed E-state index contributed by atoms with van der Waals surface area (Å²) in [4.78, 5) is 0.283. The Bertz CT molecular complexity index is 758. The van der Waals surface area contributed by atoms with Crippen LogP contribution in [0, 0.1) is 13.8 Å². The zero-order chi connectivity index (χ0) is 14.9. The second kappa shape index (κ2) is 5.46. The summed E-state index contributed by atoms with van der Waals surface area (Å²) in [5.41, 5.74) is 8.31. The minimum absolute atomic E-state index is 0.283. The molecule has 3 N–H and O–H groups in total. The first-order chi connectivity index (χ1) is 9.29. The van der Waals surface area contributed by atoms with Crippen LogP contribution in [0.1, 0.15) is 11.1 Å². The lowest BCUT2D eigenvalue weighted by molar-refractivity contribution is 0.600. The number of nitrogens with two attached hydrogens (primary N) is 1. The van der Waals surface area contributed by atoms with Crippen molar-refractivity contribution in [3.8, 4) is 0 Å². The summed E-state index contributed by atoms with van der Waals surface area (Å²) in [6.45, 7) is 3.63. The minimum atomic E-state index is -3.61. The molecule has 0 fully saturated rings. The van der Waals surface area contributed by atoms with Crippen LogP contribution in [0.4, 0.5) is 11.4 Å². The van der Waals surface area contributed by atoms with Crippen molar-refractivity contribution in [2.45, 2.75) is 18.7 Å². The van der Waals surface area contributed by atoms with E-state index in [-0.39, 0.29) is 4.90 Å². The zero-order valence-corrected chi connectivity index (χ0v) is 13.5. The molecule has 106 valence electrons. The number of hydrogen-bond donors (Lipinski definition) is 2. The lowest BCUT2D eigenvalue weighted by Gasteiger charge is -2.12. The molecule has 0 saturated heterocycles. The number of anilines is 2. The number of halogens is 1. The van der Waals surface area contributed by atoms with Gasteiger partial charge in [0.2, 0.25) is 0 Å². The molecule has 6 heteroatoms. The van der Waals surface area contributed by atoms with Crippen LogP contribution in [0.3, 0.4) is 0 Å². The molecular weight excluding hydrogens is 340 g/mol. The number of nitrogen functional groups attached to an aromatic ring is 1. The van der Waals surface area contributed by atoms with Gasteiger partial charge in [-0.25, -0.2) is 8.42 Å². The Kier molecular flexibility index (Phi) is 4.06. The predicted molar refractivity (Wildman–Crippen MR) is 85.3 cm³/mol. The van der Waals surface area contributed by atoms with E-state index in [0.717, 1.165) is 5.56 Å². The Hall–Kier alpha value is -1.53. The van der Waals surface area contributed by atoms with Gasteiger partial charge in [0, 0.05) is 10.2 Å². The fourth-order valence-corrected chi connectivity index (χ4v) is 3.56. The number of hydrogen-bond acceptors (Lipinski definition) is 3. The third-order valence-corrected chi connectivity index (χ3v) is 5.10. The molecular formula is C14H15BrN2O2S. The third-order valence-electron chi connectivity index (χ3n) is 2.89. The van der Waals surface area contributed by atoms with Crippen LogP contribution in [0.2, 0.25) is 0 Å². The van der Waals surface area contributed by atoms with Crippen LogP contribution in [0.5, 0.6) is 0 Å². The Balaban J connectivity index is 2.40. The second-order valence-electron chi connectivity index (χ2n) is 4.61. The van der Waals surface area contributed by atoms with Crippen LogP contribution in [-0.4, -0.2) is 8.42 Å². The molecule has 0 radical (unpaired) electrons. The second-order valence-corrected chi connectivity index (χ2v) is 7.12. The first-order valence-corrected chi connectivity index (χ1v) is 8.22. The van der Waals surface area contributed by atoms with Gasteiger partial charge in [-0.1, -0.05) is 12.1 Å². The van der Waals surface area contributed by atoms with E-state index in [1.165, 1.54) is 0 Å². The van der Waals surface area contributed by atoms with Gasteiger partial charge in [-0.05, 0) is 65.2 Å². The lowest BCUT2D eigenvalue weighted by Crippen LogP contribution is -2.14. The summed E-state index contributed by atoms with van der Waals surface area (Å²) >= 11 is 3.28. The van der Waals surface area contributed by atoms with E-state index < -0.39 is 10.0 Å². The van der Waals surface area contributed by atoms with Crippen molar-refractivity contribution >= 4 is 37.3 Å². The van der Waals surface area contributed by atoms with Crippen LogP contribution in [-0.2, 0) is 10.0 Å². The van der Waals surface area contributed by atoms with Crippen molar-refractivity contribution < 1.29 is 8.42 Å². The van der Waals surface area contributed by atoms with E-state index in [2.05, 4.69) is 20.7 Å². The molecule has 2 aromatic carbocycles. The highest BCUT2D eigenvalue weighted by molar-refractivity contribution is 9.10. The molecule has 0 aliphatic carbocycles. The molecule has 0 atom stereocenters. The van der Waals surface area contributed by atoms with Crippen molar-refractivity contribution in [3.63, 3.8) is 0 Å². The largest absolute Gasteiger partial charge is 0.398 e. The van der Waals surface area contributed by atoms with Crippen LogP contribution >= 0.6 is 15.9 Å². The molecule has 0 unspecified atom stereocenters. The highest BCUT2D eigenvalue weighted by atomic mass is 79.9. The molecule has 0 amide bonds. The Labute approximate surface area is 127 Å². The molecule has 2 rings (SSSR count). The standard InChI is InChI=1S/C14H15BrN2O2S/c1-9-3-4-10(2)14(7-9)20(18,19)17-11-5-6-13(16)12(15)8-11/h3-8,17H,16H2,1-2H3. The number of rotatable bonds is 3. The maximum Gasteiger partial charge on any atom is 0.262 e. The summed E-state index contributed by atoms with van der Waals surface area (Å²) in [7, 11) is -3.61. The Morgan fingerprint density at radius 3 is 2.45 bits per heavy atom. The third kappa shape index (κ3) is 3.13. The average molecular weight is 355 g/mol. The topological polar surface area (TPSA) is 72.2 Å². The van der Waals surface area contributed by atoms with Gasteiger partial charge in [-0.2, -0.15) is 0 Å². The molecule has 0 aromatic heterocycles. The normalized spacial score (nSPS) is 11.3. The van der Waals surface area contributed by atoms with Gasteiger partial charge in [0.25, 0.3) is 10.0 Å². The fraction of sp³-hybridized carbons (Fsp3) is 0.143. The number of sulfonamides is 1. The first kappa shape index (κ1) is 14.9. The maximum absolute atomic E-state index is 12.4. The fourth-order valence-electron chi connectivity index (χ4n) is 1.80. The Morgan fingerprint density at radius 2 is 1.80 bits per heavy atom. The number of benzene rings is 2. The van der Waals surface area contributed by atoms with Gasteiger partial charge in [0.1, 0.15) is 0 Å². The van der Waals surface area contributed by atoms with Crippen molar-refractivity contribution in [1.82, 2.24) is 0 Å². The summed E-state index contributed by atoms with van der Waals surface area (Å²) in [5.74, 6) is 0. The number of nitrogens with one attached hydrogen (secondary N) is 1. The Morgan fingerprint density at radius 1 is 1.10 bits per heavy atom. The summed E-state index contributed by atoms with van der Waals surface area (Å²) < 4.78 is 28.0. The molecule has 20 heavy (non-hydrogen) atoms. The van der Waals surface area contributed by atoms with E-state index in [0.29, 0.717) is 21.4 Å². The minimum Gasteiger partial charge on any atom is -0.398 e. The van der Waals surface area contributed by atoms with Gasteiger partial charge in [0.15, 0.2) is 0 Å². The highest BCUT2D eigenvalue weighted by Gasteiger charge is 2.17. The van der Waals surface area contributed by atoms with Crippen molar-refractivity contribution in [2.24, 2.45) is 0 Å². The van der Waals surface area contributed by atoms with E-state index in [1.54, 1.807) is 37.3 Å². The smallest absolute Gasteiger partial charge is 0.262 e. The molecule has 0 saturated carbocycles. The molecule has 0 bridgehead atoms. The monoisotopic (exact) mass is 354 g/mol. The van der Waals surface area contributed by atoms with E-state index in [9.17, 15) is 8.42 Å². The van der Waals surface area contributed by atoms with Gasteiger partial charge in [-0.3, -0.25) is 4.72 Å². The molecule has 2 aromatic rings. The zero-order valence-electron chi connectivity index (χ0n) is 11.1. The quantitative estimate of drug-likeness (QED) is 0.829. The van der Waals surface area contributed by atoms with Gasteiger partial charge >= 0.3 is 0 Å². The SMILES string of the molecule is Cc1ccc(C)c(S(=O)(=O)Nc2ccc(N)c(Br)c2)c1. The maximum atomic E-state index is 12.4. The summed E-state index contributed by atoms with van der Waals surface area (Å²) in [6.07, 6.45) is 0. The molecule has 0 aliphatic rings. The summed E-state index contributed by atoms with van der Waals surface area (Å²) in [6, 6.07) is 10.2. The molecule has 4 nitrogen and oxygen atoms in total. The summed E-state index contributed by atoms with van der Waals surface area (Å²) in [5, 5.41) is 0. The average Bonchev–Trinajstić information content (AvgIpc) is 2.36. The first-order valence-electron chi connectivity index (χ1n) is 5.95. The molecule has 0 spiro atoms. The molecule has 0 heterocycles. The molecule has 0 aliphatic heterocycles. The van der Waals surface area contributed by atoms with E-state index >= 15 is 0 Å². The van der Waals surface area contributed by atoms with Crippen molar-refractivity contribution in [1.29, 1.82) is 0 Å². The van der Waals surface area contributed by atoms with E-state index in [1.807, 2.05) is 13.0 Å². The van der Waals surface area contributed by atoms with Crippen molar-refractivity contribution in [3.05, 3.63) is 52.0 Å². The van der Waals surface area contributed by atoms with Crippen molar-refractivity contribution in [2.75, 3.05) is 10.5 Å². The van der Waals surface area contributed by atoms with E-state index in [4.69, 9.17) is 5.73 Å². The van der Waals surface area contributed by atoms with Crippen LogP contribution < -0.4 is 10.5 Å². The van der Waals surface area contributed by atoms with Gasteiger partial charge in [0.05, 0.1) is 10.6 Å². The van der Waals surface area contributed by atoms with Gasteiger partial charge < -0.3 is 5.73 Å².